The van der Waals surface area contributed by atoms with Crippen LogP contribution in [0.3, 0.4) is 0 Å². The van der Waals surface area contributed by atoms with E-state index in [0.29, 0.717) is 28.9 Å². The number of nitrogens with one attached hydrogen (secondary N) is 2. The van der Waals surface area contributed by atoms with E-state index in [1.54, 1.807) is 25.1 Å². The number of anilines is 2. The van der Waals surface area contributed by atoms with Gasteiger partial charge in [0, 0.05) is 17.3 Å². The number of benzene rings is 3. The smallest absolute Gasteiger partial charge is 0.338 e. The molecule has 3 amide bonds. The molecule has 37 heavy (non-hydrogen) atoms. The Morgan fingerprint density at radius 1 is 0.919 bits per heavy atom. The van der Waals surface area contributed by atoms with Crippen molar-refractivity contribution in [2.75, 3.05) is 16.8 Å². The molecule has 6 rings (SSSR count). The molecule has 0 aromatic heterocycles. The summed E-state index contributed by atoms with van der Waals surface area (Å²) in [5.41, 5.74) is 1.64. The van der Waals surface area contributed by atoms with Crippen LogP contribution in [0.4, 0.5) is 11.4 Å². The molecule has 3 heterocycles. The Kier molecular flexibility index (Phi) is 5.42. The van der Waals surface area contributed by atoms with Crippen LogP contribution in [0.15, 0.2) is 78.9 Å². The van der Waals surface area contributed by atoms with Crippen molar-refractivity contribution in [2.24, 2.45) is 11.8 Å². The largest absolute Gasteiger partial charge is 0.462 e. The number of imide groups is 1. The van der Waals surface area contributed by atoms with Crippen molar-refractivity contribution < 1.29 is 23.9 Å². The summed E-state index contributed by atoms with van der Waals surface area (Å²) >= 11 is 0. The minimum absolute atomic E-state index is 0.245. The Morgan fingerprint density at radius 3 is 2.35 bits per heavy atom. The van der Waals surface area contributed by atoms with Crippen LogP contribution in [0.2, 0.25) is 0 Å². The van der Waals surface area contributed by atoms with Crippen LogP contribution < -0.4 is 15.5 Å². The maximum absolute atomic E-state index is 14.0. The van der Waals surface area contributed by atoms with Crippen molar-refractivity contribution in [1.82, 2.24) is 5.32 Å². The van der Waals surface area contributed by atoms with E-state index in [-0.39, 0.29) is 18.4 Å². The number of rotatable bonds is 5. The van der Waals surface area contributed by atoms with E-state index in [9.17, 15) is 19.2 Å². The molecular weight excluding hydrogens is 470 g/mol. The molecule has 3 aliphatic rings. The number of carbonyl (C=O) groups is 4. The lowest BCUT2D eigenvalue weighted by Gasteiger charge is -2.29. The Hall–Kier alpha value is -4.30. The maximum Gasteiger partial charge on any atom is 0.338 e. The maximum atomic E-state index is 14.0. The van der Waals surface area contributed by atoms with Gasteiger partial charge in [0.1, 0.15) is 5.54 Å². The van der Waals surface area contributed by atoms with E-state index in [2.05, 4.69) is 10.6 Å². The van der Waals surface area contributed by atoms with Gasteiger partial charge in [0.25, 0.3) is 0 Å². The van der Waals surface area contributed by atoms with Gasteiger partial charge in [0.05, 0.1) is 29.7 Å². The quantitative estimate of drug-likeness (QED) is 0.417. The number of esters is 1. The normalized spacial score (nSPS) is 25.8. The highest BCUT2D eigenvalue weighted by atomic mass is 16.5. The fraction of sp³-hybridized carbons (Fsp3) is 0.241. The molecule has 3 aromatic carbocycles. The van der Waals surface area contributed by atoms with Gasteiger partial charge in [0.2, 0.25) is 17.7 Å². The summed E-state index contributed by atoms with van der Waals surface area (Å²) in [4.78, 5) is 54.8. The van der Waals surface area contributed by atoms with Crippen LogP contribution >= 0.6 is 0 Å². The summed E-state index contributed by atoms with van der Waals surface area (Å²) in [5, 5.41) is 6.37. The number of amides is 3. The van der Waals surface area contributed by atoms with Gasteiger partial charge in [-0.3, -0.25) is 19.7 Å². The standard InChI is InChI=1S/C29H25N3O5/c1-2-37-27(35)18-12-14-19(15-13-18)32-25(33)23-22(16-17-8-4-3-5-9-17)31-29(24(23)26(32)34)20-10-6-7-11-21(20)30-28(29)36/h3-15,22-24,31H,2,16H2,1H3,(H,30,36). The average molecular weight is 496 g/mol. The lowest BCUT2D eigenvalue weighted by atomic mass is 9.76. The van der Waals surface area contributed by atoms with Crippen LogP contribution in [0, 0.1) is 11.8 Å². The van der Waals surface area contributed by atoms with E-state index in [1.807, 2.05) is 48.5 Å². The van der Waals surface area contributed by atoms with Crippen molar-refractivity contribution in [1.29, 1.82) is 0 Å². The second kappa shape index (κ2) is 8.67. The van der Waals surface area contributed by atoms with E-state index in [4.69, 9.17) is 4.74 Å². The highest BCUT2D eigenvalue weighted by Crippen LogP contribution is 2.53. The molecular formula is C29H25N3O5. The molecule has 0 aliphatic carbocycles. The topological polar surface area (TPSA) is 105 Å². The van der Waals surface area contributed by atoms with Gasteiger partial charge in [0.15, 0.2) is 0 Å². The Labute approximate surface area is 213 Å². The third-order valence-corrected chi connectivity index (χ3v) is 7.56. The Morgan fingerprint density at radius 2 is 1.62 bits per heavy atom. The molecule has 1 spiro atoms. The summed E-state index contributed by atoms with van der Waals surface area (Å²) in [7, 11) is 0. The van der Waals surface area contributed by atoms with Crippen LogP contribution in [-0.2, 0) is 31.1 Å². The van der Waals surface area contributed by atoms with Gasteiger partial charge in [-0.05, 0) is 49.2 Å². The summed E-state index contributed by atoms with van der Waals surface area (Å²) in [6.45, 7) is 1.97. The summed E-state index contributed by atoms with van der Waals surface area (Å²) < 4.78 is 5.04. The zero-order valence-corrected chi connectivity index (χ0v) is 20.1. The van der Waals surface area contributed by atoms with Gasteiger partial charge in [-0.1, -0.05) is 48.5 Å². The molecule has 0 bridgehead atoms. The minimum Gasteiger partial charge on any atom is -0.462 e. The van der Waals surface area contributed by atoms with Crippen molar-refractivity contribution >= 4 is 35.1 Å². The Balaban J connectivity index is 1.42. The first kappa shape index (κ1) is 23.1. The zero-order valence-electron chi connectivity index (χ0n) is 20.1. The zero-order chi connectivity index (χ0) is 25.7. The van der Waals surface area contributed by atoms with Gasteiger partial charge >= 0.3 is 5.97 Å². The van der Waals surface area contributed by atoms with Gasteiger partial charge < -0.3 is 10.1 Å². The molecule has 186 valence electrons. The van der Waals surface area contributed by atoms with Gasteiger partial charge in [-0.2, -0.15) is 0 Å². The first-order valence-corrected chi connectivity index (χ1v) is 12.3. The number of hydrogen-bond acceptors (Lipinski definition) is 6. The monoisotopic (exact) mass is 495 g/mol. The van der Waals surface area contributed by atoms with Crippen molar-refractivity contribution in [3.05, 3.63) is 95.6 Å². The molecule has 4 atom stereocenters. The van der Waals surface area contributed by atoms with E-state index < -0.39 is 35.3 Å². The molecule has 3 aromatic rings. The molecule has 2 N–H and O–H groups in total. The Bertz CT molecular complexity index is 1420. The number of hydrogen-bond donors (Lipinski definition) is 2. The molecule has 8 heteroatoms. The third-order valence-electron chi connectivity index (χ3n) is 7.56. The lowest BCUT2D eigenvalue weighted by Crippen LogP contribution is -2.53. The second-order valence-electron chi connectivity index (χ2n) is 9.53. The van der Waals surface area contributed by atoms with E-state index in [1.165, 1.54) is 17.0 Å². The van der Waals surface area contributed by atoms with Crippen LogP contribution in [0.1, 0.15) is 28.4 Å². The second-order valence-corrected chi connectivity index (χ2v) is 9.53. The fourth-order valence-corrected chi connectivity index (χ4v) is 6.02. The number of para-hydroxylation sites is 1. The summed E-state index contributed by atoms with van der Waals surface area (Å²) in [6.07, 6.45) is 0.480. The summed E-state index contributed by atoms with van der Waals surface area (Å²) in [5.74, 6) is -3.26. The van der Waals surface area contributed by atoms with E-state index in [0.717, 1.165) is 5.56 Å². The SMILES string of the molecule is CCOC(=O)c1ccc(N2C(=O)C3C(Cc4ccccc4)NC4(C(=O)Nc5ccccc54)C3C2=O)cc1. The van der Waals surface area contributed by atoms with Crippen LogP contribution in [0.25, 0.3) is 0 Å². The summed E-state index contributed by atoms with van der Waals surface area (Å²) in [6, 6.07) is 22.8. The highest BCUT2D eigenvalue weighted by Gasteiger charge is 2.70. The van der Waals surface area contributed by atoms with Crippen molar-refractivity contribution in [3.8, 4) is 0 Å². The van der Waals surface area contributed by atoms with Gasteiger partial charge in [-0.15, -0.1) is 0 Å². The van der Waals surface area contributed by atoms with Crippen molar-refractivity contribution in [2.45, 2.75) is 24.9 Å². The predicted octanol–water partition coefficient (Wildman–Crippen LogP) is 3.03. The molecule has 8 nitrogen and oxygen atoms in total. The predicted molar refractivity (Wildman–Crippen MR) is 136 cm³/mol. The average Bonchev–Trinajstić information content (AvgIpc) is 3.49. The number of nitrogens with zero attached hydrogens (tertiary/aromatic N) is 1. The molecule has 0 radical (unpaired) electrons. The molecule has 4 unspecified atom stereocenters. The highest BCUT2D eigenvalue weighted by molar-refractivity contribution is 6.25. The molecule has 2 fully saturated rings. The number of fused-ring (bicyclic) bond motifs is 4. The van der Waals surface area contributed by atoms with Crippen molar-refractivity contribution in [3.63, 3.8) is 0 Å². The molecule has 2 saturated heterocycles. The van der Waals surface area contributed by atoms with E-state index >= 15 is 0 Å². The van der Waals surface area contributed by atoms with Crippen LogP contribution in [-0.4, -0.2) is 36.3 Å². The lowest BCUT2D eigenvalue weighted by molar-refractivity contribution is -0.130. The molecule has 0 saturated carbocycles. The van der Waals surface area contributed by atoms with Gasteiger partial charge in [-0.25, -0.2) is 9.69 Å². The third kappa shape index (κ3) is 3.40. The first-order chi connectivity index (χ1) is 18.0. The molecule has 3 aliphatic heterocycles. The first-order valence-electron chi connectivity index (χ1n) is 12.3. The number of ether oxygens (including phenoxy) is 1. The van der Waals surface area contributed by atoms with Crippen LogP contribution in [0.5, 0.6) is 0 Å². The number of carbonyl (C=O) groups excluding carboxylic acids is 4. The minimum atomic E-state index is -1.35. The fourth-order valence-electron chi connectivity index (χ4n) is 6.02.